The van der Waals surface area contributed by atoms with E-state index in [0.717, 1.165) is 74.1 Å². The first-order valence-electron chi connectivity index (χ1n) is 26.9. The third-order valence-corrected chi connectivity index (χ3v) is 15.6. The van der Waals surface area contributed by atoms with Gasteiger partial charge >= 0.3 is 0 Å². The zero-order valence-corrected chi connectivity index (χ0v) is 54.5. The Bertz CT molecular complexity index is 4310. The first-order valence-corrected chi connectivity index (χ1v) is 26.9. The van der Waals surface area contributed by atoms with Gasteiger partial charge in [0.2, 0.25) is 0 Å². The molecule has 0 bridgehead atoms. The second-order valence-electron chi connectivity index (χ2n) is 21.7. The first kappa shape index (κ1) is 59.2. The SMILES string of the molecule is Cc1nc(-c2[c-]cc3c(c2)-c2ccccc2C3(C)C)n(-c2ccccc2C)n1.Cc1nc(-c2[c-]cc3c(c2)C(C)(C)c2ccccc2-3)n(-c2ccccc2C)n1.Cc1nc(-c2[c-]ccc3ccccc23)n(-c2ccccc2C)n1.[Ir].[Ir].[Ir]. The van der Waals surface area contributed by atoms with Crippen molar-refractivity contribution in [3.05, 3.63) is 257 Å². The normalized spacial score (nSPS) is 12.7. The van der Waals surface area contributed by atoms with Crippen molar-refractivity contribution in [1.29, 1.82) is 0 Å². The van der Waals surface area contributed by atoms with Gasteiger partial charge in [0, 0.05) is 60.3 Å². The fraction of sp³-hybridized carbons (Fsp3) is 0.171. The molecule has 0 saturated carbocycles. The molecule has 0 unspecified atom stereocenters. The van der Waals surface area contributed by atoms with Gasteiger partial charge in [-0.1, -0.05) is 183 Å². The van der Waals surface area contributed by atoms with Crippen LogP contribution in [-0.4, -0.2) is 44.3 Å². The van der Waals surface area contributed by atoms with Crippen LogP contribution in [0.3, 0.4) is 0 Å². The standard InChI is InChI=1S/2C25H22N3.C20H16N3.3Ir/c1-16-9-5-8-12-23(16)28-24(26-17(2)27-28)18-13-14-22-20(15-18)19-10-6-7-11-21(19)25(22,3)4;1-16-9-5-8-12-23(16)28-24(26-17(2)27-28)18-13-14-20-19-10-6-7-11-21(19)25(3,4)22(20)15-18;1-14-8-3-6-13-19(14)23-20(21-15(2)22-23)18-12-7-10-16-9-4-5-11-17(16)18;;;/h2*5-12,14-15H,1-4H3;3-11,13H,1-2H3;;;/q3*-1;;;. The van der Waals surface area contributed by atoms with Crippen LogP contribution in [0.4, 0.5) is 0 Å². The van der Waals surface area contributed by atoms with Gasteiger partial charge < -0.3 is 0 Å². The molecule has 0 fully saturated rings. The number of rotatable bonds is 6. The van der Waals surface area contributed by atoms with E-state index < -0.39 is 0 Å². The van der Waals surface area contributed by atoms with Gasteiger partial charge in [-0.2, -0.15) is 15.3 Å². The molecule has 2 aliphatic carbocycles. The van der Waals surface area contributed by atoms with E-state index in [4.69, 9.17) is 9.97 Å². The Morgan fingerprint density at radius 3 is 1.32 bits per heavy atom. The molecule has 0 amide bonds. The summed E-state index contributed by atoms with van der Waals surface area (Å²) in [5.74, 6) is 4.76. The van der Waals surface area contributed by atoms with E-state index in [-0.39, 0.29) is 71.1 Å². The fourth-order valence-electron chi connectivity index (χ4n) is 11.5. The van der Waals surface area contributed by atoms with Gasteiger partial charge in [0.05, 0.1) is 34.5 Å². The van der Waals surface area contributed by atoms with Crippen molar-refractivity contribution < 1.29 is 60.3 Å². The van der Waals surface area contributed by atoms with E-state index in [1.54, 1.807) is 0 Å². The average molecular weight is 1600 g/mol. The Morgan fingerprint density at radius 2 is 0.780 bits per heavy atom. The maximum atomic E-state index is 4.74. The predicted molar refractivity (Wildman–Crippen MR) is 318 cm³/mol. The molecule has 0 spiro atoms. The number of aromatic nitrogens is 9. The fourth-order valence-corrected chi connectivity index (χ4v) is 11.5. The molecular weight excluding hydrogens is 1540 g/mol. The quantitative estimate of drug-likeness (QED) is 0.154. The number of para-hydroxylation sites is 3. The molecule has 14 rings (SSSR count). The summed E-state index contributed by atoms with van der Waals surface area (Å²) in [7, 11) is 0. The summed E-state index contributed by atoms with van der Waals surface area (Å²) in [4.78, 5) is 14.1. The molecule has 0 aliphatic heterocycles. The molecule has 415 valence electrons. The van der Waals surface area contributed by atoms with E-state index in [2.05, 4.69) is 214 Å². The van der Waals surface area contributed by atoms with Crippen molar-refractivity contribution in [2.45, 2.75) is 80.1 Å². The minimum atomic E-state index is -0.0433. The summed E-state index contributed by atoms with van der Waals surface area (Å²) in [6.07, 6.45) is 0. The minimum Gasteiger partial charge on any atom is -0.262 e. The predicted octanol–water partition coefficient (Wildman–Crippen LogP) is 15.8. The summed E-state index contributed by atoms with van der Waals surface area (Å²) < 4.78 is 5.80. The van der Waals surface area contributed by atoms with Crippen LogP contribution in [0.1, 0.15) is 84.1 Å². The molecule has 3 radical (unpaired) electrons. The van der Waals surface area contributed by atoms with E-state index in [9.17, 15) is 0 Å². The molecule has 12 aromatic rings. The first-order chi connectivity index (χ1) is 38.2. The number of nitrogens with zero attached hydrogens (tertiary/aromatic N) is 9. The summed E-state index contributed by atoms with van der Waals surface area (Å²) in [6, 6.07) is 73.4. The second kappa shape index (κ2) is 23.8. The number of benzene rings is 9. The van der Waals surface area contributed by atoms with Gasteiger partial charge in [-0.05, 0) is 104 Å². The van der Waals surface area contributed by atoms with E-state index in [1.807, 2.05) is 89.4 Å². The summed E-state index contributed by atoms with van der Waals surface area (Å²) in [6.45, 7) is 21.2. The van der Waals surface area contributed by atoms with Crippen molar-refractivity contribution >= 4 is 10.8 Å². The molecule has 0 atom stereocenters. The summed E-state index contributed by atoms with van der Waals surface area (Å²) in [5, 5.41) is 16.3. The maximum Gasteiger partial charge on any atom is 0.137 e. The molecule has 2 aliphatic rings. The Hall–Kier alpha value is -7.39. The summed E-state index contributed by atoms with van der Waals surface area (Å²) >= 11 is 0. The molecular formula is C70H60Ir3N9-3. The zero-order valence-electron chi connectivity index (χ0n) is 47.3. The van der Waals surface area contributed by atoms with Crippen molar-refractivity contribution in [3.63, 3.8) is 0 Å². The van der Waals surface area contributed by atoms with Crippen molar-refractivity contribution in [2.24, 2.45) is 0 Å². The van der Waals surface area contributed by atoms with Crippen molar-refractivity contribution in [1.82, 2.24) is 44.3 Å². The molecule has 9 nitrogen and oxygen atoms in total. The number of fused-ring (bicyclic) bond motifs is 7. The van der Waals surface area contributed by atoms with Crippen LogP contribution in [0.15, 0.2) is 182 Å². The number of hydrogen-bond acceptors (Lipinski definition) is 6. The van der Waals surface area contributed by atoms with Gasteiger partial charge in [0.15, 0.2) is 0 Å². The maximum absolute atomic E-state index is 4.74. The third kappa shape index (κ3) is 10.7. The topological polar surface area (TPSA) is 92.1 Å². The largest absolute Gasteiger partial charge is 0.262 e. The average Bonchev–Trinajstić information content (AvgIpc) is 2.57. The molecule has 3 heterocycles. The third-order valence-electron chi connectivity index (χ3n) is 15.6. The number of aryl methyl sites for hydroxylation is 6. The molecule has 82 heavy (non-hydrogen) atoms. The van der Waals surface area contributed by atoms with Gasteiger partial charge in [-0.15, -0.1) is 82.2 Å². The van der Waals surface area contributed by atoms with E-state index in [1.165, 1.54) is 66.6 Å². The van der Waals surface area contributed by atoms with Crippen LogP contribution < -0.4 is 0 Å². The van der Waals surface area contributed by atoms with Crippen LogP contribution >= 0.6 is 0 Å². The van der Waals surface area contributed by atoms with Crippen LogP contribution in [0, 0.1) is 59.7 Å². The Labute approximate surface area is 521 Å². The van der Waals surface area contributed by atoms with Crippen molar-refractivity contribution in [3.8, 4) is 73.5 Å². The number of hydrogen-bond donors (Lipinski definition) is 0. The molecule has 0 N–H and O–H groups in total. The van der Waals surface area contributed by atoms with E-state index >= 15 is 0 Å². The second-order valence-corrected chi connectivity index (χ2v) is 21.7. The van der Waals surface area contributed by atoms with Gasteiger partial charge in [0.25, 0.3) is 0 Å². The molecule has 9 aromatic carbocycles. The smallest absolute Gasteiger partial charge is 0.137 e. The molecule has 12 heteroatoms. The van der Waals surface area contributed by atoms with Crippen LogP contribution in [0.5, 0.6) is 0 Å². The van der Waals surface area contributed by atoms with Crippen molar-refractivity contribution in [2.75, 3.05) is 0 Å². The van der Waals surface area contributed by atoms with Gasteiger partial charge in [-0.25, -0.2) is 0 Å². The minimum absolute atomic E-state index is 0. The van der Waals surface area contributed by atoms with Crippen LogP contribution in [-0.2, 0) is 71.1 Å². The monoisotopic (exact) mass is 1610 g/mol. The zero-order chi connectivity index (χ0) is 54.7. The van der Waals surface area contributed by atoms with Gasteiger partial charge in [0.1, 0.15) is 17.5 Å². The van der Waals surface area contributed by atoms with Crippen LogP contribution in [0.25, 0.3) is 84.3 Å². The van der Waals surface area contributed by atoms with Crippen LogP contribution in [0.2, 0.25) is 0 Å². The Balaban J connectivity index is 0.000000146. The van der Waals surface area contributed by atoms with E-state index in [0.29, 0.717) is 0 Å². The molecule has 3 aromatic heterocycles. The Morgan fingerprint density at radius 1 is 0.366 bits per heavy atom. The Kier molecular flexibility index (Phi) is 17.2. The van der Waals surface area contributed by atoms with Gasteiger partial charge in [-0.3, -0.25) is 29.0 Å². The summed E-state index contributed by atoms with van der Waals surface area (Å²) in [5.41, 5.74) is 20.0. The molecule has 0 saturated heterocycles.